The van der Waals surface area contributed by atoms with Gasteiger partial charge < -0.3 is 48.3 Å². The summed E-state index contributed by atoms with van der Waals surface area (Å²) in [6.07, 6.45) is 11.2. The second-order valence-electron chi connectivity index (χ2n) is 23.2. The summed E-state index contributed by atoms with van der Waals surface area (Å²) in [4.78, 5) is 57.2. The Morgan fingerprint density at radius 3 is 1.32 bits per heavy atom. The van der Waals surface area contributed by atoms with E-state index in [1.807, 2.05) is 17.4 Å². The molecule has 0 bridgehead atoms. The van der Waals surface area contributed by atoms with Crippen molar-refractivity contribution in [2.45, 2.75) is 196 Å². The molecule has 7 rings (SSSR count). The van der Waals surface area contributed by atoms with Crippen LogP contribution < -0.4 is 16.0 Å². The summed E-state index contributed by atoms with van der Waals surface area (Å²) in [5, 5.41) is 17.9. The van der Waals surface area contributed by atoms with E-state index in [0.717, 1.165) is 37.4 Å². The lowest BCUT2D eigenvalue weighted by Crippen LogP contribution is -2.43. The summed E-state index contributed by atoms with van der Waals surface area (Å²) in [6, 6.07) is 21.7. The van der Waals surface area contributed by atoms with Crippen molar-refractivity contribution >= 4 is 36.5 Å². The van der Waals surface area contributed by atoms with Crippen LogP contribution in [0.5, 0.6) is 0 Å². The number of aromatic nitrogens is 2. The van der Waals surface area contributed by atoms with Gasteiger partial charge in [-0.1, -0.05) is 97.8 Å². The van der Waals surface area contributed by atoms with Gasteiger partial charge in [-0.25, -0.2) is 39.4 Å². The predicted octanol–water partition coefficient (Wildman–Crippen LogP) is 12.7. The van der Waals surface area contributed by atoms with Gasteiger partial charge in [0.2, 0.25) is 11.8 Å². The Bertz CT molecular complexity index is 2460. The molecule has 1 saturated heterocycles. The zero-order valence-corrected chi connectivity index (χ0v) is 48.7. The molecule has 0 unspecified atom stereocenters. The maximum Gasteiger partial charge on any atom is 0.420 e. The van der Waals surface area contributed by atoms with Gasteiger partial charge in [0.25, 0.3) is 0 Å². The number of alkyl carbamates (subject to hydrolysis) is 2. The Morgan fingerprint density at radius 2 is 0.987 bits per heavy atom. The Kier molecular flexibility index (Phi) is 24.8. The highest BCUT2D eigenvalue weighted by atomic mass is 16.6. The number of rotatable bonds is 15. The number of hydrogen-bond donors (Lipinski definition) is 4. The first-order valence-electron chi connectivity index (χ1n) is 27.1. The van der Waals surface area contributed by atoms with Crippen molar-refractivity contribution in [3.63, 3.8) is 0 Å². The molecule has 430 valence electrons. The molecule has 2 saturated carbocycles. The number of imide groups is 2. The molecule has 1 aliphatic heterocycles. The van der Waals surface area contributed by atoms with Crippen molar-refractivity contribution < 1.29 is 56.8 Å². The monoisotopic (exact) mass is 1080 g/mol. The van der Waals surface area contributed by atoms with E-state index in [-0.39, 0.29) is 13.2 Å². The fraction of sp³-hybridized carbons (Fsp3) is 0.567. The molecule has 18 nitrogen and oxygen atoms in total. The van der Waals surface area contributed by atoms with E-state index < -0.39 is 46.8 Å². The van der Waals surface area contributed by atoms with Crippen LogP contribution >= 0.6 is 0 Å². The van der Waals surface area contributed by atoms with Crippen molar-refractivity contribution in [3.8, 4) is 0 Å². The average Bonchev–Trinajstić information content (AvgIpc) is 3.98. The minimum Gasteiger partial charge on any atom is -0.447 e. The van der Waals surface area contributed by atoms with Gasteiger partial charge in [-0.15, -0.1) is 0 Å². The van der Waals surface area contributed by atoms with E-state index in [9.17, 15) is 19.2 Å². The van der Waals surface area contributed by atoms with E-state index in [1.54, 1.807) is 83.1 Å². The topological polar surface area (TPSA) is 226 Å². The lowest BCUT2D eigenvalue weighted by Gasteiger charge is -2.28. The number of nitrogens with zero attached hydrogens (tertiary/aromatic N) is 3. The molecule has 0 spiro atoms. The first-order valence-corrected chi connectivity index (χ1v) is 27.1. The third-order valence-corrected chi connectivity index (χ3v) is 11.4. The first kappa shape index (κ1) is 64.2. The number of aliphatic hydroxyl groups excluding tert-OH is 1. The summed E-state index contributed by atoms with van der Waals surface area (Å²) < 4.78 is 36.4. The molecule has 2 aromatic carbocycles. The SMILES string of the molecule is C1CCOC1.CC(C)(C)OC(=O)NC(=O)OC(C)(C)C.CC/C(=C\c1ccccc1)[C@@H]1C[C@H]1NCc1nc(CN(C(=O)OC(C)(C)C)C(=O)OC(C)(C)C)co1.CC/C(=C\c1ccccc1)[C@@H]1C[C@H]1NCc1nc(CO)co1. The molecule has 0 radical (unpaired) electrons. The van der Waals surface area contributed by atoms with Gasteiger partial charge in [-0.3, -0.25) is 0 Å². The standard InChI is InChI=1S/C28H39N3O5.C18H22N2O2.C10H19NO4.C4H8O/c1-8-20(14-19-12-10-9-11-13-19)22-15-23(22)29-16-24-30-21(18-34-24)17-31(25(32)35-27(2,3)4)26(33)36-28(5,6)7;1-2-14(8-13-6-4-3-5-7-13)16-9-17(16)19-10-18-20-15(11-21)12-22-18;1-9(2,3)14-7(12)11-8(13)15-10(4,5)6;1-2-4-5-3-1/h9-14,18,22-23,29H,8,15-17H2,1-7H3;3-8,12,16-17,19,21H,2,9-11H2,1H3;1-6H3,(H,11,12,13);1-4H2/b20-14+;14-8+;;/t22-,23+;16-,17+;;/m00../s1. The summed E-state index contributed by atoms with van der Waals surface area (Å²) >= 11 is 0. The number of hydrogen-bond acceptors (Lipinski definition) is 16. The Labute approximate surface area is 462 Å². The number of carbonyl (C=O) groups is 4. The van der Waals surface area contributed by atoms with Gasteiger partial charge in [-0.05, 0) is 145 Å². The van der Waals surface area contributed by atoms with E-state index in [0.29, 0.717) is 60.2 Å². The number of oxazole rings is 2. The van der Waals surface area contributed by atoms with Crippen LogP contribution in [-0.4, -0.2) is 92.0 Å². The molecule has 4 amide bonds. The molecular weight excluding hydrogens is 997 g/mol. The highest BCUT2D eigenvalue weighted by Crippen LogP contribution is 2.41. The number of nitrogens with one attached hydrogen (secondary N) is 3. The quantitative estimate of drug-likeness (QED) is 0.0812. The zero-order chi connectivity index (χ0) is 57.7. The summed E-state index contributed by atoms with van der Waals surface area (Å²) in [7, 11) is 0. The molecule has 2 aromatic heterocycles. The highest BCUT2D eigenvalue weighted by molar-refractivity contribution is 5.88. The van der Waals surface area contributed by atoms with Gasteiger partial charge in [0.1, 0.15) is 40.6 Å². The number of aliphatic hydroxyl groups is 1. The Morgan fingerprint density at radius 1 is 0.603 bits per heavy atom. The van der Waals surface area contributed by atoms with Crippen LogP contribution in [0.4, 0.5) is 19.2 Å². The van der Waals surface area contributed by atoms with Crippen LogP contribution in [0, 0.1) is 11.8 Å². The van der Waals surface area contributed by atoms with E-state index >= 15 is 0 Å². The average molecular weight is 1090 g/mol. The molecule has 2 aliphatic carbocycles. The molecule has 4 N–H and O–H groups in total. The maximum atomic E-state index is 12.7. The first-order chi connectivity index (χ1) is 36.6. The minimum absolute atomic E-state index is 0.0741. The van der Waals surface area contributed by atoms with Crippen molar-refractivity contribution in [1.29, 1.82) is 0 Å². The molecule has 78 heavy (non-hydrogen) atoms. The maximum absolute atomic E-state index is 12.7. The van der Waals surface area contributed by atoms with Crippen LogP contribution in [0.1, 0.15) is 170 Å². The Balaban J connectivity index is 0.000000263. The predicted molar refractivity (Wildman–Crippen MR) is 299 cm³/mol. The fourth-order valence-corrected chi connectivity index (χ4v) is 7.77. The summed E-state index contributed by atoms with van der Waals surface area (Å²) in [6.45, 7) is 28.0. The van der Waals surface area contributed by atoms with Gasteiger partial charge in [-0.2, -0.15) is 0 Å². The lowest BCUT2D eigenvalue weighted by atomic mass is 10.0. The second-order valence-corrected chi connectivity index (χ2v) is 23.2. The van der Waals surface area contributed by atoms with E-state index in [4.69, 9.17) is 37.6 Å². The number of amides is 4. The van der Waals surface area contributed by atoms with Crippen LogP contribution in [0.15, 0.2) is 93.2 Å². The minimum atomic E-state index is -0.809. The smallest absolute Gasteiger partial charge is 0.420 e. The third-order valence-electron chi connectivity index (χ3n) is 11.4. The summed E-state index contributed by atoms with van der Waals surface area (Å²) in [5.41, 5.74) is 3.65. The summed E-state index contributed by atoms with van der Waals surface area (Å²) in [5.74, 6) is 2.24. The molecule has 3 heterocycles. The second kappa shape index (κ2) is 30.1. The lowest BCUT2D eigenvalue weighted by molar-refractivity contribution is -0.000633. The third kappa shape index (κ3) is 25.9. The van der Waals surface area contributed by atoms with Gasteiger partial charge in [0, 0.05) is 25.3 Å². The normalized spacial score (nSPS) is 18.1. The molecule has 4 aromatic rings. The number of benzene rings is 2. The van der Waals surface area contributed by atoms with Crippen LogP contribution in [0.2, 0.25) is 0 Å². The van der Waals surface area contributed by atoms with Crippen molar-refractivity contribution in [2.24, 2.45) is 11.8 Å². The van der Waals surface area contributed by atoms with Crippen LogP contribution in [0.25, 0.3) is 12.2 Å². The molecule has 3 fully saturated rings. The van der Waals surface area contributed by atoms with E-state index in [1.165, 1.54) is 54.1 Å². The van der Waals surface area contributed by atoms with Gasteiger partial charge in [0.05, 0.1) is 31.9 Å². The van der Waals surface area contributed by atoms with Gasteiger partial charge >= 0.3 is 24.4 Å². The highest BCUT2D eigenvalue weighted by Gasteiger charge is 2.40. The Hall–Kier alpha value is -6.34. The van der Waals surface area contributed by atoms with E-state index in [2.05, 4.69) is 95.1 Å². The fourth-order valence-electron chi connectivity index (χ4n) is 7.77. The molecule has 3 aliphatic rings. The van der Waals surface area contributed by atoms with Crippen molar-refractivity contribution in [1.82, 2.24) is 30.8 Å². The largest absolute Gasteiger partial charge is 0.447 e. The number of ether oxygens (including phenoxy) is 5. The molecule has 4 atom stereocenters. The van der Waals surface area contributed by atoms with Gasteiger partial charge in [0.15, 0.2) is 0 Å². The van der Waals surface area contributed by atoms with Crippen molar-refractivity contribution in [3.05, 3.63) is 119 Å². The zero-order valence-electron chi connectivity index (χ0n) is 48.7. The van der Waals surface area contributed by atoms with Crippen LogP contribution in [0.3, 0.4) is 0 Å². The molecule has 18 heteroatoms. The molecular formula is C60H88N6O12. The number of carbonyl (C=O) groups excluding carboxylic acids is 4. The van der Waals surface area contributed by atoms with Crippen molar-refractivity contribution in [2.75, 3.05) is 13.2 Å². The van der Waals surface area contributed by atoms with Crippen LogP contribution in [-0.2, 0) is 49.9 Å².